The highest BCUT2D eigenvalue weighted by Crippen LogP contribution is 2.50. The number of allylic oxidation sites excluding steroid dienone is 2. The third-order valence-corrected chi connectivity index (χ3v) is 7.33. The van der Waals surface area contributed by atoms with Crippen LogP contribution in [0.25, 0.3) is 0 Å². The highest BCUT2D eigenvalue weighted by Gasteiger charge is 2.46. The molecule has 8 heteroatoms. The van der Waals surface area contributed by atoms with Crippen LogP contribution in [0.1, 0.15) is 56.1 Å². The van der Waals surface area contributed by atoms with Gasteiger partial charge in [0.05, 0.1) is 13.7 Å². The van der Waals surface area contributed by atoms with E-state index in [-0.39, 0.29) is 18.5 Å². The number of methoxy groups -OCH3 is 1. The minimum Gasteiger partial charge on any atom is -0.497 e. The average molecular weight is 510 g/mol. The van der Waals surface area contributed by atoms with E-state index < -0.39 is 17.8 Å². The molecule has 3 aliphatic rings. The number of halogens is 1. The predicted octanol–water partition coefficient (Wildman–Crippen LogP) is 5.61. The van der Waals surface area contributed by atoms with E-state index in [0.717, 1.165) is 11.3 Å². The van der Waals surface area contributed by atoms with Crippen molar-refractivity contribution >= 4 is 29.1 Å². The van der Waals surface area contributed by atoms with E-state index in [2.05, 4.69) is 0 Å². The number of ether oxygens (including phenoxy) is 4. The molecule has 1 aliphatic carbocycles. The third kappa shape index (κ3) is 4.37. The van der Waals surface area contributed by atoms with Gasteiger partial charge in [-0.1, -0.05) is 30.7 Å². The van der Waals surface area contributed by atoms with Crippen LogP contribution in [-0.2, 0) is 14.3 Å². The van der Waals surface area contributed by atoms with E-state index in [0.29, 0.717) is 64.9 Å². The molecule has 0 amide bonds. The molecule has 2 aliphatic heterocycles. The summed E-state index contributed by atoms with van der Waals surface area (Å²) in [5, 5.41) is 0.407. The van der Waals surface area contributed by atoms with E-state index in [4.69, 9.17) is 35.5 Å². The Kier molecular flexibility index (Phi) is 6.75. The Morgan fingerprint density at radius 2 is 1.86 bits per heavy atom. The van der Waals surface area contributed by atoms with Crippen LogP contribution in [0.5, 0.6) is 17.2 Å². The maximum Gasteiger partial charge on any atom is 0.315 e. The molecule has 5 rings (SSSR count). The first-order chi connectivity index (χ1) is 17.4. The van der Waals surface area contributed by atoms with Crippen LogP contribution in [-0.4, -0.2) is 38.0 Å². The van der Waals surface area contributed by atoms with Gasteiger partial charge in [0, 0.05) is 40.4 Å². The molecule has 2 heterocycles. The summed E-state index contributed by atoms with van der Waals surface area (Å²) in [5.74, 6) is 0.000593. The molecule has 36 heavy (non-hydrogen) atoms. The first-order valence-electron chi connectivity index (χ1n) is 12.1. The molecular formula is C28H28ClNO6. The second-order valence-electron chi connectivity index (χ2n) is 9.26. The minimum absolute atomic E-state index is 0.0184. The lowest BCUT2D eigenvalue weighted by Crippen LogP contribution is -2.38. The van der Waals surface area contributed by atoms with E-state index in [1.807, 2.05) is 38.1 Å². The van der Waals surface area contributed by atoms with Gasteiger partial charge in [-0.05, 0) is 55.0 Å². The van der Waals surface area contributed by atoms with Crippen LogP contribution in [0.3, 0.4) is 0 Å². The zero-order valence-corrected chi connectivity index (χ0v) is 21.3. The number of fused-ring (bicyclic) bond motifs is 1. The molecule has 0 saturated carbocycles. The van der Waals surface area contributed by atoms with Gasteiger partial charge in [-0.25, -0.2) is 0 Å². The van der Waals surface area contributed by atoms with Gasteiger partial charge in [0.2, 0.25) is 6.79 Å². The SMILES string of the molecule is CCCOC(=O)C1C(C)=NC2=C(C(=O)C[C@H](c3ccc(OC)cc3)C2)[C@H]1c1cc2c(cc1Cl)OCO2. The molecule has 2 aromatic rings. The topological polar surface area (TPSA) is 83.4 Å². The van der Waals surface area contributed by atoms with Crippen molar-refractivity contribution < 1.29 is 28.5 Å². The molecule has 0 saturated heterocycles. The lowest BCUT2D eigenvalue weighted by molar-refractivity contribution is -0.146. The Morgan fingerprint density at radius 3 is 2.56 bits per heavy atom. The summed E-state index contributed by atoms with van der Waals surface area (Å²) >= 11 is 6.72. The summed E-state index contributed by atoms with van der Waals surface area (Å²) in [7, 11) is 1.62. The number of hydrogen-bond donors (Lipinski definition) is 0. The number of benzene rings is 2. The van der Waals surface area contributed by atoms with E-state index >= 15 is 0 Å². The van der Waals surface area contributed by atoms with Gasteiger partial charge in [0.25, 0.3) is 0 Å². The molecule has 1 unspecified atom stereocenters. The van der Waals surface area contributed by atoms with Crippen molar-refractivity contribution in [1.29, 1.82) is 0 Å². The summed E-state index contributed by atoms with van der Waals surface area (Å²) in [5.41, 5.74) is 3.52. The molecule has 0 radical (unpaired) electrons. The number of aliphatic imine (C=N–C) groups is 1. The molecular weight excluding hydrogens is 482 g/mol. The first kappa shape index (κ1) is 24.4. The van der Waals surface area contributed by atoms with E-state index in [1.165, 1.54) is 0 Å². The number of Topliss-reactive ketones (excluding diaryl/α,β-unsaturated/α-hetero) is 1. The van der Waals surface area contributed by atoms with Gasteiger partial charge in [0.15, 0.2) is 17.3 Å². The van der Waals surface area contributed by atoms with Crippen molar-refractivity contribution in [3.05, 3.63) is 63.8 Å². The molecule has 0 spiro atoms. The van der Waals surface area contributed by atoms with Gasteiger partial charge >= 0.3 is 5.97 Å². The van der Waals surface area contributed by atoms with Crippen LogP contribution in [0.2, 0.25) is 5.02 Å². The molecule has 0 aromatic heterocycles. The summed E-state index contributed by atoms with van der Waals surface area (Å²) in [6.45, 7) is 4.14. The quantitative estimate of drug-likeness (QED) is 0.471. The molecule has 0 N–H and O–H groups in total. The number of rotatable bonds is 6. The van der Waals surface area contributed by atoms with Crippen LogP contribution in [0, 0.1) is 5.92 Å². The Labute approximate surface area is 215 Å². The van der Waals surface area contributed by atoms with Crippen LogP contribution in [0.4, 0.5) is 0 Å². The summed E-state index contributed by atoms with van der Waals surface area (Å²) in [6, 6.07) is 11.2. The molecule has 0 fully saturated rings. The highest BCUT2D eigenvalue weighted by molar-refractivity contribution is 6.32. The largest absolute Gasteiger partial charge is 0.497 e. The van der Waals surface area contributed by atoms with Crippen molar-refractivity contribution in [2.24, 2.45) is 10.9 Å². The third-order valence-electron chi connectivity index (χ3n) is 7.01. The van der Waals surface area contributed by atoms with Crippen molar-refractivity contribution in [1.82, 2.24) is 0 Å². The molecule has 2 aromatic carbocycles. The van der Waals surface area contributed by atoms with Gasteiger partial charge in [0.1, 0.15) is 11.7 Å². The zero-order valence-electron chi connectivity index (χ0n) is 20.5. The lowest BCUT2D eigenvalue weighted by atomic mass is 9.69. The van der Waals surface area contributed by atoms with Gasteiger partial charge in [-0.15, -0.1) is 0 Å². The van der Waals surface area contributed by atoms with Gasteiger partial charge < -0.3 is 18.9 Å². The number of ketones is 1. The number of carbonyl (C=O) groups excluding carboxylic acids is 2. The second kappa shape index (κ2) is 9.97. The minimum atomic E-state index is -0.755. The monoisotopic (exact) mass is 509 g/mol. The first-order valence-corrected chi connectivity index (χ1v) is 12.5. The van der Waals surface area contributed by atoms with Gasteiger partial charge in [-0.2, -0.15) is 0 Å². The lowest BCUT2D eigenvalue weighted by Gasteiger charge is -2.37. The summed E-state index contributed by atoms with van der Waals surface area (Å²) < 4.78 is 21.9. The fourth-order valence-electron chi connectivity index (χ4n) is 5.28. The summed E-state index contributed by atoms with van der Waals surface area (Å²) in [4.78, 5) is 31.8. The Hall–Kier alpha value is -3.32. The average Bonchev–Trinajstić information content (AvgIpc) is 3.33. The van der Waals surface area contributed by atoms with Crippen LogP contribution >= 0.6 is 11.6 Å². The fourth-order valence-corrected chi connectivity index (χ4v) is 5.55. The predicted molar refractivity (Wildman–Crippen MR) is 135 cm³/mol. The maximum atomic E-state index is 13.8. The number of nitrogens with zero attached hydrogens (tertiary/aromatic N) is 1. The Bertz CT molecular complexity index is 1270. The number of esters is 1. The molecule has 7 nitrogen and oxygen atoms in total. The zero-order chi connectivity index (χ0) is 25.4. The van der Waals surface area contributed by atoms with Crippen LogP contribution < -0.4 is 14.2 Å². The number of hydrogen-bond acceptors (Lipinski definition) is 7. The van der Waals surface area contributed by atoms with Crippen molar-refractivity contribution in [3.63, 3.8) is 0 Å². The smallest absolute Gasteiger partial charge is 0.315 e. The Balaban J connectivity index is 1.59. The normalized spacial score (nSPS) is 22.7. The fraction of sp³-hybridized carbons (Fsp3) is 0.393. The Morgan fingerprint density at radius 1 is 1.14 bits per heavy atom. The molecule has 3 atom stereocenters. The van der Waals surface area contributed by atoms with Crippen molar-refractivity contribution in [3.8, 4) is 17.2 Å². The number of carbonyl (C=O) groups is 2. The second-order valence-corrected chi connectivity index (χ2v) is 9.67. The standard InChI is InChI=1S/C28H28ClNO6/c1-4-9-34-28(32)25-15(2)30-21-10-17(16-5-7-18(33-3)8-6-16)11-22(31)27(21)26(25)19-12-23-24(13-20(19)29)36-14-35-23/h5-8,12-13,17,25-26H,4,9-11,14H2,1-3H3/t17-,25?,26+/m1/s1. The highest BCUT2D eigenvalue weighted by atomic mass is 35.5. The van der Waals surface area contributed by atoms with Gasteiger partial charge in [-0.3, -0.25) is 14.6 Å². The van der Waals surface area contributed by atoms with Crippen LogP contribution in [0.15, 0.2) is 52.7 Å². The molecule has 0 bridgehead atoms. The van der Waals surface area contributed by atoms with Crippen molar-refractivity contribution in [2.45, 2.75) is 44.9 Å². The van der Waals surface area contributed by atoms with Crippen molar-refractivity contribution in [2.75, 3.05) is 20.5 Å². The maximum absolute atomic E-state index is 13.8. The van der Waals surface area contributed by atoms with E-state index in [1.54, 1.807) is 19.2 Å². The summed E-state index contributed by atoms with van der Waals surface area (Å²) in [6.07, 6.45) is 1.59. The molecule has 188 valence electrons. The van der Waals surface area contributed by atoms with E-state index in [9.17, 15) is 9.59 Å².